The van der Waals surface area contributed by atoms with Crippen LogP contribution in [0.2, 0.25) is 5.02 Å². The molecule has 1 unspecified atom stereocenters. The third-order valence-corrected chi connectivity index (χ3v) is 4.31. The highest BCUT2D eigenvalue weighted by molar-refractivity contribution is 7.10. The second-order valence-corrected chi connectivity index (χ2v) is 5.52. The van der Waals surface area contributed by atoms with Crippen LogP contribution in [0, 0.1) is 0 Å². The molecule has 6 heteroatoms. The third kappa shape index (κ3) is 2.88. The predicted molar refractivity (Wildman–Crippen MR) is 77.3 cm³/mol. The van der Waals surface area contributed by atoms with Gasteiger partial charge in [0, 0.05) is 18.1 Å². The van der Waals surface area contributed by atoms with Gasteiger partial charge in [0.2, 0.25) is 0 Å². The minimum atomic E-state index is -1.05. The molecular formula is C13H13ClN2O2S. The first-order valence-corrected chi connectivity index (χ1v) is 6.91. The fourth-order valence-electron chi connectivity index (χ4n) is 1.70. The van der Waals surface area contributed by atoms with Crippen molar-refractivity contribution in [1.82, 2.24) is 4.98 Å². The zero-order chi connectivity index (χ0) is 14.0. The smallest absolute Gasteiger partial charge is 0.337 e. The van der Waals surface area contributed by atoms with Gasteiger partial charge >= 0.3 is 5.97 Å². The van der Waals surface area contributed by atoms with Crippen LogP contribution in [-0.4, -0.2) is 23.1 Å². The largest absolute Gasteiger partial charge is 0.478 e. The minimum Gasteiger partial charge on any atom is -0.478 e. The Labute approximate surface area is 120 Å². The molecule has 0 radical (unpaired) electrons. The van der Waals surface area contributed by atoms with E-state index in [1.54, 1.807) is 11.3 Å². The van der Waals surface area contributed by atoms with Crippen LogP contribution in [0.3, 0.4) is 0 Å². The summed E-state index contributed by atoms with van der Waals surface area (Å²) in [5, 5.41) is 11.2. The molecule has 19 heavy (non-hydrogen) atoms. The molecule has 4 nitrogen and oxygen atoms in total. The number of hydrogen-bond acceptors (Lipinski definition) is 4. The molecule has 2 aromatic rings. The van der Waals surface area contributed by atoms with Crippen LogP contribution in [-0.2, 0) is 0 Å². The van der Waals surface area contributed by atoms with Crippen LogP contribution >= 0.6 is 22.9 Å². The van der Waals surface area contributed by atoms with Gasteiger partial charge in [-0.05, 0) is 24.4 Å². The second kappa shape index (κ2) is 5.59. The Morgan fingerprint density at radius 1 is 1.58 bits per heavy atom. The van der Waals surface area contributed by atoms with Crippen molar-refractivity contribution in [3.8, 4) is 0 Å². The number of aromatic carboxylic acids is 1. The molecule has 0 aliphatic rings. The molecule has 0 bridgehead atoms. The van der Waals surface area contributed by atoms with Crippen molar-refractivity contribution in [1.29, 1.82) is 0 Å². The van der Waals surface area contributed by atoms with E-state index in [-0.39, 0.29) is 16.6 Å². The lowest BCUT2D eigenvalue weighted by molar-refractivity contribution is 0.0697. The van der Waals surface area contributed by atoms with Gasteiger partial charge in [0.15, 0.2) is 0 Å². The lowest BCUT2D eigenvalue weighted by Crippen LogP contribution is -2.22. The number of aromatic nitrogens is 1. The molecule has 0 aliphatic carbocycles. The summed E-state index contributed by atoms with van der Waals surface area (Å²) in [5.41, 5.74) is 0.0666. The van der Waals surface area contributed by atoms with Crippen LogP contribution in [0.5, 0.6) is 0 Å². The molecule has 2 aromatic heterocycles. The summed E-state index contributed by atoms with van der Waals surface area (Å²) in [6.07, 6.45) is 1.37. The average molecular weight is 297 g/mol. The molecule has 0 spiro atoms. The topological polar surface area (TPSA) is 53.4 Å². The number of pyridine rings is 1. The van der Waals surface area contributed by atoms with Gasteiger partial charge in [-0.2, -0.15) is 0 Å². The highest BCUT2D eigenvalue weighted by Crippen LogP contribution is 2.28. The Bertz CT molecular complexity index is 586. The lowest BCUT2D eigenvalue weighted by Gasteiger charge is -2.25. The molecule has 0 amide bonds. The first kappa shape index (κ1) is 13.8. The van der Waals surface area contributed by atoms with Gasteiger partial charge in [-0.3, -0.25) is 0 Å². The van der Waals surface area contributed by atoms with Crippen LogP contribution in [0.1, 0.15) is 28.2 Å². The molecule has 2 heterocycles. The summed E-state index contributed by atoms with van der Waals surface area (Å²) in [4.78, 5) is 18.4. The van der Waals surface area contributed by atoms with Crippen molar-refractivity contribution >= 4 is 34.7 Å². The highest BCUT2D eigenvalue weighted by atomic mass is 35.5. The molecule has 1 atom stereocenters. The van der Waals surface area contributed by atoms with E-state index in [9.17, 15) is 4.79 Å². The van der Waals surface area contributed by atoms with Gasteiger partial charge < -0.3 is 10.0 Å². The maximum Gasteiger partial charge on any atom is 0.337 e. The molecule has 0 aromatic carbocycles. The number of anilines is 1. The Morgan fingerprint density at radius 3 is 2.89 bits per heavy atom. The summed E-state index contributed by atoms with van der Waals surface area (Å²) < 4.78 is 0. The fraction of sp³-hybridized carbons (Fsp3) is 0.231. The van der Waals surface area contributed by atoms with Crippen molar-refractivity contribution in [2.75, 3.05) is 11.9 Å². The zero-order valence-corrected chi connectivity index (χ0v) is 12.1. The van der Waals surface area contributed by atoms with Crippen molar-refractivity contribution in [2.45, 2.75) is 13.0 Å². The highest BCUT2D eigenvalue weighted by Gasteiger charge is 2.17. The Morgan fingerprint density at radius 2 is 2.32 bits per heavy atom. The molecule has 0 saturated heterocycles. The van der Waals surface area contributed by atoms with Crippen LogP contribution < -0.4 is 4.90 Å². The molecule has 1 N–H and O–H groups in total. The van der Waals surface area contributed by atoms with Gasteiger partial charge in [0.05, 0.1) is 16.6 Å². The zero-order valence-electron chi connectivity index (χ0n) is 10.5. The van der Waals surface area contributed by atoms with Gasteiger partial charge in [-0.25, -0.2) is 9.78 Å². The number of carboxylic acids is 1. The predicted octanol–water partition coefficient (Wildman–Crippen LogP) is 3.69. The van der Waals surface area contributed by atoms with E-state index in [0.717, 1.165) is 0 Å². The molecule has 0 aliphatic heterocycles. The SMILES string of the molecule is CC(c1cccs1)N(C)c1cc(C(=O)O)c(Cl)cn1. The number of nitrogens with zero attached hydrogens (tertiary/aromatic N) is 2. The maximum absolute atomic E-state index is 11.1. The van der Waals surface area contributed by atoms with Crippen molar-refractivity contribution in [3.05, 3.63) is 45.2 Å². The maximum atomic E-state index is 11.1. The lowest BCUT2D eigenvalue weighted by atomic mass is 10.2. The van der Waals surface area contributed by atoms with E-state index >= 15 is 0 Å². The molecule has 100 valence electrons. The van der Waals surface area contributed by atoms with Crippen molar-refractivity contribution in [3.63, 3.8) is 0 Å². The molecular weight excluding hydrogens is 284 g/mol. The Balaban J connectivity index is 2.31. The quantitative estimate of drug-likeness (QED) is 0.935. The Kier molecular flexibility index (Phi) is 4.07. The van der Waals surface area contributed by atoms with Gasteiger partial charge in [-0.1, -0.05) is 17.7 Å². The van der Waals surface area contributed by atoms with Crippen LogP contribution in [0.25, 0.3) is 0 Å². The third-order valence-electron chi connectivity index (χ3n) is 2.97. The fourth-order valence-corrected chi connectivity index (χ4v) is 2.71. The van der Waals surface area contributed by atoms with Crippen LogP contribution in [0.4, 0.5) is 5.82 Å². The van der Waals surface area contributed by atoms with Crippen molar-refractivity contribution in [2.24, 2.45) is 0 Å². The van der Waals surface area contributed by atoms with Crippen LogP contribution in [0.15, 0.2) is 29.8 Å². The summed E-state index contributed by atoms with van der Waals surface area (Å²) in [6, 6.07) is 5.65. The minimum absolute atomic E-state index is 0.0666. The van der Waals surface area contributed by atoms with E-state index in [0.29, 0.717) is 5.82 Å². The van der Waals surface area contributed by atoms with E-state index in [1.165, 1.54) is 17.1 Å². The Hall–Kier alpha value is -1.59. The monoisotopic (exact) mass is 296 g/mol. The van der Waals surface area contributed by atoms with Gasteiger partial charge in [0.1, 0.15) is 5.82 Å². The van der Waals surface area contributed by atoms with Gasteiger partial charge in [-0.15, -0.1) is 11.3 Å². The number of thiophene rings is 1. The normalized spacial score (nSPS) is 12.2. The summed E-state index contributed by atoms with van der Waals surface area (Å²) in [7, 11) is 1.88. The second-order valence-electron chi connectivity index (χ2n) is 4.13. The summed E-state index contributed by atoms with van der Waals surface area (Å²) in [6.45, 7) is 2.04. The number of carboxylic acid groups (broad SMARTS) is 1. The van der Waals surface area contributed by atoms with E-state index in [4.69, 9.17) is 16.7 Å². The first-order chi connectivity index (χ1) is 9.00. The number of hydrogen-bond donors (Lipinski definition) is 1. The molecule has 0 fully saturated rings. The van der Waals surface area contributed by atoms with E-state index < -0.39 is 5.97 Å². The summed E-state index contributed by atoms with van der Waals surface area (Å²) in [5.74, 6) is -0.464. The first-order valence-electron chi connectivity index (χ1n) is 5.65. The molecule has 2 rings (SSSR count). The number of carbonyl (C=O) groups is 1. The average Bonchev–Trinajstić information content (AvgIpc) is 2.91. The standard InChI is InChI=1S/C13H13ClN2O2S/c1-8(11-4-3-5-19-11)16(2)12-6-9(13(17)18)10(14)7-15-12/h3-8H,1-2H3,(H,17,18). The number of rotatable bonds is 4. The van der Waals surface area contributed by atoms with Gasteiger partial charge in [0.25, 0.3) is 0 Å². The summed E-state index contributed by atoms with van der Waals surface area (Å²) >= 11 is 7.47. The van der Waals surface area contributed by atoms with Crippen molar-refractivity contribution < 1.29 is 9.90 Å². The van der Waals surface area contributed by atoms with E-state index in [2.05, 4.69) is 4.98 Å². The molecule has 0 saturated carbocycles. The van der Waals surface area contributed by atoms with E-state index in [1.807, 2.05) is 36.4 Å². The number of halogens is 1.